The number of rotatable bonds is 8. The average Bonchev–Trinajstić information content (AvgIpc) is 3.00. The minimum Gasteiger partial charge on any atom is -0.383 e. The molecule has 6 nitrogen and oxygen atoms in total. The van der Waals surface area contributed by atoms with Crippen LogP contribution in [0.15, 0.2) is 18.5 Å². The van der Waals surface area contributed by atoms with Crippen molar-refractivity contribution >= 4 is 23.6 Å². The van der Waals surface area contributed by atoms with E-state index in [4.69, 9.17) is 5.73 Å². The lowest BCUT2D eigenvalue weighted by atomic mass is 9.94. The van der Waals surface area contributed by atoms with Crippen molar-refractivity contribution in [3.63, 3.8) is 0 Å². The van der Waals surface area contributed by atoms with Crippen molar-refractivity contribution in [2.24, 2.45) is 0 Å². The number of nitrogens with zero attached hydrogens (tertiary/aromatic N) is 2. The van der Waals surface area contributed by atoms with Gasteiger partial charge in [0, 0.05) is 11.7 Å². The third-order valence-corrected chi connectivity index (χ3v) is 5.11. The highest BCUT2D eigenvalue weighted by Gasteiger charge is 2.31. The lowest BCUT2D eigenvalue weighted by Gasteiger charge is -2.16. The molecule has 2 heterocycles. The van der Waals surface area contributed by atoms with Gasteiger partial charge in [0.25, 0.3) is 6.43 Å². The molecule has 28 heavy (non-hydrogen) atoms. The number of aldehydes is 1. The van der Waals surface area contributed by atoms with Gasteiger partial charge in [-0.2, -0.15) is 0 Å². The molecule has 0 amide bonds. The monoisotopic (exact) mass is 389 g/mol. The first kappa shape index (κ1) is 20.1. The molecule has 2 aromatic rings. The van der Waals surface area contributed by atoms with Crippen LogP contribution in [0, 0.1) is 6.92 Å². The number of carbonyl (C=O) groups is 1. The number of hydrogen-bond acceptors (Lipinski definition) is 6. The Hall–Kier alpha value is -2.61. The van der Waals surface area contributed by atoms with Crippen LogP contribution in [-0.4, -0.2) is 16.3 Å². The maximum absolute atomic E-state index is 13.4. The number of nitrogens with one attached hydrogen (secondary N) is 2. The van der Waals surface area contributed by atoms with Crippen molar-refractivity contribution in [2.75, 3.05) is 11.1 Å². The third-order valence-electron chi connectivity index (χ3n) is 5.11. The molecular formula is C20H25F2N5O. The Morgan fingerprint density at radius 1 is 1.32 bits per heavy atom. The quantitative estimate of drug-likeness (QED) is 0.454. The zero-order valence-corrected chi connectivity index (χ0v) is 16.0. The van der Waals surface area contributed by atoms with Gasteiger partial charge in [-0.3, -0.25) is 5.32 Å². The summed E-state index contributed by atoms with van der Waals surface area (Å²) in [6, 6.07) is 3.45. The Labute approximate surface area is 163 Å². The molecule has 150 valence electrons. The highest BCUT2D eigenvalue weighted by Crippen LogP contribution is 2.40. The maximum atomic E-state index is 13.4. The van der Waals surface area contributed by atoms with Gasteiger partial charge in [-0.1, -0.05) is 26.2 Å². The number of fused-ring (bicyclic) bond motifs is 1. The molecule has 1 aliphatic heterocycles. The number of aromatic nitrogens is 2. The summed E-state index contributed by atoms with van der Waals surface area (Å²) < 4.78 is 26.7. The molecular weight excluding hydrogens is 364 g/mol. The van der Waals surface area contributed by atoms with Gasteiger partial charge in [0.15, 0.2) is 0 Å². The number of halogens is 2. The Kier molecular flexibility index (Phi) is 6.18. The maximum Gasteiger partial charge on any atom is 0.270 e. The van der Waals surface area contributed by atoms with Crippen LogP contribution in [0.4, 0.5) is 26.1 Å². The molecule has 0 saturated heterocycles. The van der Waals surface area contributed by atoms with Gasteiger partial charge in [-0.05, 0) is 42.2 Å². The highest BCUT2D eigenvalue weighted by molar-refractivity contribution is 5.71. The smallest absolute Gasteiger partial charge is 0.270 e. The van der Waals surface area contributed by atoms with Crippen molar-refractivity contribution in [3.05, 3.63) is 40.7 Å². The summed E-state index contributed by atoms with van der Waals surface area (Å²) in [6.45, 7) is 4.06. The van der Waals surface area contributed by atoms with E-state index in [0.29, 0.717) is 5.69 Å². The van der Waals surface area contributed by atoms with Crippen LogP contribution in [0.1, 0.15) is 73.4 Å². The van der Waals surface area contributed by atoms with Crippen LogP contribution >= 0.6 is 0 Å². The number of aryl methyl sites for hydroxylation is 1. The van der Waals surface area contributed by atoms with E-state index >= 15 is 0 Å². The van der Waals surface area contributed by atoms with Crippen LogP contribution in [0.25, 0.3) is 0 Å². The molecule has 8 heteroatoms. The van der Waals surface area contributed by atoms with Gasteiger partial charge < -0.3 is 15.8 Å². The molecule has 2 unspecified atom stereocenters. The van der Waals surface area contributed by atoms with Crippen molar-refractivity contribution < 1.29 is 13.6 Å². The second-order valence-electron chi connectivity index (χ2n) is 7.07. The first-order valence-electron chi connectivity index (χ1n) is 9.47. The topological polar surface area (TPSA) is 92.9 Å². The normalized spacial score (nSPS) is 18.3. The molecule has 2 atom stereocenters. The summed E-state index contributed by atoms with van der Waals surface area (Å²) in [5, 5.41) is 6.33. The molecule has 1 aromatic heterocycles. The minimum absolute atomic E-state index is 0.0118. The predicted octanol–water partition coefficient (Wildman–Crippen LogP) is 4.51. The standard InChI is InChI=1S/C20H25F2N5O/c1-3-4-5-6-14-13-8-12(7-11(2)16(13)15(9-28)27-14)26-20-17(18(21)22)19(23)24-10-25-20/h7-10,14-15,18,27H,3-6H2,1-2H3,(H3,23,24,25,26). The average molecular weight is 389 g/mol. The first-order valence-corrected chi connectivity index (χ1v) is 9.47. The fourth-order valence-electron chi connectivity index (χ4n) is 3.81. The summed E-state index contributed by atoms with van der Waals surface area (Å²) in [5.74, 6) is -0.257. The van der Waals surface area contributed by atoms with E-state index in [2.05, 4.69) is 27.5 Å². The van der Waals surface area contributed by atoms with Crippen LogP contribution < -0.4 is 16.4 Å². The zero-order valence-electron chi connectivity index (χ0n) is 16.0. The fourth-order valence-corrected chi connectivity index (χ4v) is 3.81. The lowest BCUT2D eigenvalue weighted by molar-refractivity contribution is -0.109. The Morgan fingerprint density at radius 2 is 2.11 bits per heavy atom. The van der Waals surface area contributed by atoms with Gasteiger partial charge in [0.05, 0.1) is 6.04 Å². The highest BCUT2D eigenvalue weighted by atomic mass is 19.3. The van der Waals surface area contributed by atoms with Gasteiger partial charge in [-0.25, -0.2) is 18.7 Å². The van der Waals surface area contributed by atoms with E-state index in [9.17, 15) is 13.6 Å². The molecule has 0 spiro atoms. The predicted molar refractivity (Wildman–Crippen MR) is 105 cm³/mol. The Bertz CT molecular complexity index is 859. The van der Waals surface area contributed by atoms with Gasteiger partial charge in [0.2, 0.25) is 0 Å². The third kappa shape index (κ3) is 3.96. The van der Waals surface area contributed by atoms with E-state index in [1.165, 1.54) is 0 Å². The Morgan fingerprint density at radius 3 is 2.79 bits per heavy atom. The van der Waals surface area contributed by atoms with Crippen LogP contribution in [-0.2, 0) is 4.79 Å². The number of unbranched alkanes of at least 4 members (excludes halogenated alkanes) is 2. The summed E-state index contributed by atoms with van der Waals surface area (Å²) >= 11 is 0. The second-order valence-corrected chi connectivity index (χ2v) is 7.07. The summed E-state index contributed by atoms with van der Waals surface area (Å²) in [4.78, 5) is 19.1. The number of benzene rings is 1. The molecule has 3 rings (SSSR count). The van der Waals surface area contributed by atoms with Crippen LogP contribution in [0.3, 0.4) is 0 Å². The number of hydrogen-bond donors (Lipinski definition) is 3. The van der Waals surface area contributed by atoms with Gasteiger partial charge in [-0.15, -0.1) is 0 Å². The molecule has 0 saturated carbocycles. The van der Waals surface area contributed by atoms with Gasteiger partial charge in [0.1, 0.15) is 29.8 Å². The lowest BCUT2D eigenvalue weighted by Crippen LogP contribution is -2.18. The number of alkyl halides is 2. The molecule has 4 N–H and O–H groups in total. The van der Waals surface area contributed by atoms with E-state index in [0.717, 1.165) is 55.0 Å². The second kappa shape index (κ2) is 8.60. The van der Waals surface area contributed by atoms with Crippen LogP contribution in [0.2, 0.25) is 0 Å². The molecule has 0 bridgehead atoms. The number of anilines is 3. The fraction of sp³-hybridized carbons (Fsp3) is 0.450. The summed E-state index contributed by atoms with van der Waals surface area (Å²) in [6.07, 6.45) is 3.48. The largest absolute Gasteiger partial charge is 0.383 e. The molecule has 1 aromatic carbocycles. The SMILES string of the molecule is CCCCCC1NC(C=O)c2c(C)cc(Nc3ncnc(N)c3C(F)F)cc21. The summed E-state index contributed by atoms with van der Waals surface area (Å²) in [7, 11) is 0. The van der Waals surface area contributed by atoms with Crippen molar-refractivity contribution in [1.29, 1.82) is 0 Å². The van der Waals surface area contributed by atoms with Crippen molar-refractivity contribution in [1.82, 2.24) is 15.3 Å². The number of nitrogens with two attached hydrogens (primary N) is 1. The van der Waals surface area contributed by atoms with Gasteiger partial charge >= 0.3 is 0 Å². The van der Waals surface area contributed by atoms with E-state index in [1.54, 1.807) is 0 Å². The van der Waals surface area contributed by atoms with Crippen molar-refractivity contribution in [3.8, 4) is 0 Å². The van der Waals surface area contributed by atoms with Crippen LogP contribution in [0.5, 0.6) is 0 Å². The molecule has 0 fully saturated rings. The zero-order chi connectivity index (χ0) is 20.3. The minimum atomic E-state index is -2.79. The number of nitrogen functional groups attached to an aromatic ring is 1. The molecule has 1 aliphatic rings. The Balaban J connectivity index is 1.95. The van der Waals surface area contributed by atoms with E-state index in [1.807, 2.05) is 19.1 Å². The van der Waals surface area contributed by atoms with Crippen molar-refractivity contribution in [2.45, 2.75) is 58.0 Å². The summed E-state index contributed by atoms with van der Waals surface area (Å²) in [5.41, 5.74) is 8.73. The number of carbonyl (C=O) groups excluding carboxylic acids is 1. The first-order chi connectivity index (χ1) is 13.5. The molecule has 0 aliphatic carbocycles. The van der Waals surface area contributed by atoms with E-state index in [-0.39, 0.29) is 23.7 Å². The molecule has 0 radical (unpaired) electrons. The van der Waals surface area contributed by atoms with E-state index < -0.39 is 12.0 Å².